The first-order chi connectivity index (χ1) is 14.9. The third-order valence-electron chi connectivity index (χ3n) is 6.01. The van der Waals surface area contributed by atoms with Gasteiger partial charge in [-0.3, -0.25) is 4.79 Å². The molecule has 0 aliphatic carbocycles. The van der Waals surface area contributed by atoms with Crippen molar-refractivity contribution >= 4 is 11.6 Å². The number of carbonyl (C=O) groups is 1. The van der Waals surface area contributed by atoms with E-state index in [2.05, 4.69) is 4.98 Å². The molecule has 10 heteroatoms. The minimum absolute atomic E-state index is 0.0155. The lowest BCUT2D eigenvalue weighted by Crippen LogP contribution is -2.47. The van der Waals surface area contributed by atoms with Gasteiger partial charge >= 0.3 is 12.4 Å². The van der Waals surface area contributed by atoms with Gasteiger partial charge in [-0.2, -0.15) is 26.3 Å². The van der Waals surface area contributed by atoms with Crippen molar-refractivity contribution in [2.75, 3.05) is 4.90 Å². The zero-order valence-electron chi connectivity index (χ0n) is 17.0. The van der Waals surface area contributed by atoms with Crippen LogP contribution in [0.5, 0.6) is 5.75 Å². The third kappa shape index (κ3) is 4.40. The number of halogens is 6. The Morgan fingerprint density at radius 2 is 1.56 bits per heavy atom. The summed E-state index contributed by atoms with van der Waals surface area (Å²) in [6.45, 7) is 1.19. The minimum Gasteiger partial charge on any atom is -0.490 e. The highest BCUT2D eigenvalue weighted by Gasteiger charge is 2.43. The standard InChI is InChI=1S/C22H20F6N2O2/c1-12(31)18-8-13(21(23,24)25)2-6-19(18)32-17-9-15-4-5-16(10-17)30(15)20-7-3-14(11-29-20)22(26,27)28/h2-3,6-8,11,15-17H,4-5,9-10H2,1H3/t15-,16?,17?/m1/s1. The van der Waals surface area contributed by atoms with Gasteiger partial charge in [0, 0.05) is 31.1 Å². The molecule has 3 heterocycles. The van der Waals surface area contributed by atoms with Crippen LogP contribution in [0.2, 0.25) is 0 Å². The summed E-state index contributed by atoms with van der Waals surface area (Å²) in [5.41, 5.74) is -1.86. The maximum atomic E-state index is 13.0. The molecule has 0 radical (unpaired) electrons. The molecule has 1 aromatic carbocycles. The molecular weight excluding hydrogens is 438 g/mol. The van der Waals surface area contributed by atoms with Crippen molar-refractivity contribution < 1.29 is 35.9 Å². The van der Waals surface area contributed by atoms with E-state index in [1.165, 1.54) is 19.1 Å². The predicted octanol–water partition coefficient (Wildman–Crippen LogP) is 5.90. The van der Waals surface area contributed by atoms with Crippen molar-refractivity contribution in [3.63, 3.8) is 0 Å². The first kappa shape index (κ1) is 22.4. The van der Waals surface area contributed by atoms with Crippen molar-refractivity contribution in [1.29, 1.82) is 0 Å². The number of Topliss-reactive ketones (excluding diaryl/α,β-unsaturated/α-hetero) is 1. The molecule has 172 valence electrons. The number of hydrogen-bond donors (Lipinski definition) is 0. The van der Waals surface area contributed by atoms with E-state index in [1.807, 2.05) is 4.90 Å². The normalized spacial score (nSPS) is 23.3. The Labute approximate surface area is 180 Å². The van der Waals surface area contributed by atoms with Crippen molar-refractivity contribution in [3.8, 4) is 5.75 Å². The molecule has 2 unspecified atom stereocenters. The number of fused-ring (bicyclic) bond motifs is 2. The van der Waals surface area contributed by atoms with Crippen LogP contribution in [0.1, 0.15) is 54.1 Å². The van der Waals surface area contributed by atoms with E-state index >= 15 is 0 Å². The van der Waals surface area contributed by atoms with Gasteiger partial charge in [0.2, 0.25) is 0 Å². The van der Waals surface area contributed by atoms with Crippen LogP contribution in [0.3, 0.4) is 0 Å². The molecule has 3 atom stereocenters. The maximum absolute atomic E-state index is 13.0. The Morgan fingerprint density at radius 3 is 2.06 bits per heavy atom. The van der Waals surface area contributed by atoms with Crippen LogP contribution in [0, 0.1) is 0 Å². The molecule has 4 rings (SSSR count). The van der Waals surface area contributed by atoms with E-state index in [-0.39, 0.29) is 29.5 Å². The quantitative estimate of drug-likeness (QED) is 0.423. The fourth-order valence-electron chi connectivity index (χ4n) is 4.57. The fraction of sp³-hybridized carbons (Fsp3) is 0.455. The molecule has 2 aromatic rings. The summed E-state index contributed by atoms with van der Waals surface area (Å²) in [4.78, 5) is 17.9. The number of aromatic nitrogens is 1. The predicted molar refractivity (Wildman–Crippen MR) is 104 cm³/mol. The van der Waals surface area contributed by atoms with Crippen LogP contribution in [0.4, 0.5) is 32.2 Å². The molecule has 1 aromatic heterocycles. The SMILES string of the molecule is CC(=O)c1cc(C(F)(F)F)ccc1OC1CC2CC[C@H](C1)N2c1ccc(C(F)(F)F)cn1. The van der Waals surface area contributed by atoms with E-state index in [4.69, 9.17) is 4.74 Å². The van der Waals surface area contributed by atoms with Crippen molar-refractivity contribution in [1.82, 2.24) is 4.98 Å². The zero-order chi connectivity index (χ0) is 23.3. The maximum Gasteiger partial charge on any atom is 0.417 e. The summed E-state index contributed by atoms with van der Waals surface area (Å²) in [6.07, 6.45) is -5.87. The molecule has 0 saturated carbocycles. The second kappa shape index (κ2) is 7.97. The highest BCUT2D eigenvalue weighted by Crippen LogP contribution is 2.41. The van der Waals surface area contributed by atoms with Crippen molar-refractivity contribution in [2.24, 2.45) is 0 Å². The van der Waals surface area contributed by atoms with Crippen LogP contribution in [0.25, 0.3) is 0 Å². The van der Waals surface area contributed by atoms with Crippen LogP contribution in [-0.4, -0.2) is 29.0 Å². The summed E-state index contributed by atoms with van der Waals surface area (Å²) in [5, 5.41) is 0. The number of ketones is 1. The largest absolute Gasteiger partial charge is 0.490 e. The van der Waals surface area contributed by atoms with Crippen LogP contribution in [-0.2, 0) is 12.4 Å². The molecule has 2 bridgehead atoms. The second-order valence-electron chi connectivity index (χ2n) is 8.17. The third-order valence-corrected chi connectivity index (χ3v) is 6.01. The van der Waals surface area contributed by atoms with Gasteiger partial charge < -0.3 is 9.64 Å². The Kier molecular flexibility index (Phi) is 5.58. The average Bonchev–Trinajstić information content (AvgIpc) is 2.97. The molecule has 2 saturated heterocycles. The summed E-state index contributed by atoms with van der Waals surface area (Å²) >= 11 is 0. The molecule has 32 heavy (non-hydrogen) atoms. The summed E-state index contributed by atoms with van der Waals surface area (Å²) in [6, 6.07) is 5.19. The highest BCUT2D eigenvalue weighted by atomic mass is 19.4. The Balaban J connectivity index is 1.50. The van der Waals surface area contributed by atoms with Crippen LogP contribution < -0.4 is 9.64 Å². The van der Waals surface area contributed by atoms with Crippen LogP contribution >= 0.6 is 0 Å². The van der Waals surface area contributed by atoms with E-state index in [0.717, 1.165) is 37.2 Å². The number of carbonyl (C=O) groups excluding carboxylic acids is 1. The summed E-state index contributed by atoms with van der Waals surface area (Å²) in [5.74, 6) is 0.0411. The Hall–Kier alpha value is -2.78. The Morgan fingerprint density at radius 1 is 0.969 bits per heavy atom. The lowest BCUT2D eigenvalue weighted by Gasteiger charge is -2.40. The minimum atomic E-state index is -4.57. The number of ether oxygens (including phenoxy) is 1. The smallest absolute Gasteiger partial charge is 0.417 e. The van der Waals surface area contributed by atoms with Gasteiger partial charge in [0.25, 0.3) is 0 Å². The van der Waals surface area contributed by atoms with E-state index in [1.54, 1.807) is 0 Å². The van der Waals surface area contributed by atoms with Crippen molar-refractivity contribution in [2.45, 2.75) is 63.1 Å². The lowest BCUT2D eigenvalue weighted by molar-refractivity contribution is -0.138. The molecular formula is C22H20F6N2O2. The van der Waals surface area contributed by atoms with Gasteiger partial charge in [0.05, 0.1) is 16.7 Å². The zero-order valence-corrected chi connectivity index (χ0v) is 17.0. The monoisotopic (exact) mass is 458 g/mol. The van der Waals surface area contributed by atoms with Gasteiger partial charge in [0.1, 0.15) is 17.7 Å². The van der Waals surface area contributed by atoms with Crippen molar-refractivity contribution in [3.05, 3.63) is 53.2 Å². The number of nitrogens with zero attached hydrogens (tertiary/aromatic N) is 2. The summed E-state index contributed by atoms with van der Waals surface area (Å²) in [7, 11) is 0. The van der Waals surface area contributed by atoms with Crippen LogP contribution in [0.15, 0.2) is 36.5 Å². The molecule has 2 fully saturated rings. The Bertz CT molecular complexity index is 989. The van der Waals surface area contributed by atoms with E-state index < -0.39 is 29.3 Å². The first-order valence-electron chi connectivity index (χ1n) is 10.1. The fourth-order valence-corrected chi connectivity index (χ4v) is 4.57. The van der Waals surface area contributed by atoms with Gasteiger partial charge in [-0.25, -0.2) is 4.98 Å². The first-order valence-corrected chi connectivity index (χ1v) is 10.1. The molecule has 4 nitrogen and oxygen atoms in total. The number of pyridine rings is 1. The number of piperidine rings is 1. The lowest BCUT2D eigenvalue weighted by atomic mass is 9.99. The van der Waals surface area contributed by atoms with Gasteiger partial charge in [-0.1, -0.05) is 0 Å². The molecule has 0 spiro atoms. The molecule has 0 N–H and O–H groups in total. The second-order valence-corrected chi connectivity index (χ2v) is 8.17. The van der Waals surface area contributed by atoms with E-state index in [0.29, 0.717) is 18.7 Å². The van der Waals surface area contributed by atoms with E-state index in [9.17, 15) is 31.1 Å². The number of hydrogen-bond acceptors (Lipinski definition) is 4. The molecule has 2 aliphatic rings. The number of anilines is 1. The number of rotatable bonds is 4. The summed E-state index contributed by atoms with van der Waals surface area (Å²) < 4.78 is 83.4. The number of benzene rings is 1. The molecule has 0 amide bonds. The average molecular weight is 458 g/mol. The molecule has 2 aliphatic heterocycles. The topological polar surface area (TPSA) is 42.4 Å². The van der Waals surface area contributed by atoms with Gasteiger partial charge in [-0.15, -0.1) is 0 Å². The highest BCUT2D eigenvalue weighted by molar-refractivity contribution is 5.97. The van der Waals surface area contributed by atoms with Gasteiger partial charge in [0.15, 0.2) is 5.78 Å². The number of alkyl halides is 6. The van der Waals surface area contributed by atoms with Gasteiger partial charge in [-0.05, 0) is 50.1 Å².